The maximum atomic E-state index is 12.7. The van der Waals surface area contributed by atoms with Gasteiger partial charge in [-0.1, -0.05) is 0 Å². The molecular weight excluding hydrogens is 380 g/mol. The monoisotopic (exact) mass is 404 g/mol. The predicted octanol–water partition coefficient (Wildman–Crippen LogP) is 2.68. The van der Waals surface area contributed by atoms with Gasteiger partial charge in [0.2, 0.25) is 5.91 Å². The fourth-order valence-corrected chi connectivity index (χ4v) is 3.55. The van der Waals surface area contributed by atoms with Crippen LogP contribution in [0.1, 0.15) is 36.3 Å². The number of anilines is 1. The highest BCUT2D eigenvalue weighted by atomic mass is 16.2. The molecule has 8 heteroatoms. The van der Waals surface area contributed by atoms with Crippen molar-refractivity contribution in [2.24, 2.45) is 0 Å². The zero-order valence-corrected chi connectivity index (χ0v) is 17.2. The lowest BCUT2D eigenvalue weighted by Crippen LogP contribution is -2.37. The van der Waals surface area contributed by atoms with Crippen LogP contribution in [-0.4, -0.2) is 43.0 Å². The summed E-state index contributed by atoms with van der Waals surface area (Å²) in [5.74, 6) is 0.754. The lowest BCUT2D eigenvalue weighted by Gasteiger charge is -2.27. The number of pyridine rings is 1. The first-order valence-electron chi connectivity index (χ1n) is 10.1. The summed E-state index contributed by atoms with van der Waals surface area (Å²) < 4.78 is 1.86. The minimum Gasteiger partial charge on any atom is -0.299 e. The number of aromatic nitrogens is 5. The standard InChI is InChI=1S/C22H24N6O2/c1-15-4-5-17(12-23-15)20-14-24-18(13-25-20)11-19(29)6-7-22(30)27-8-3-9-28-21(27)10-16(2)26-28/h4-5,10,12-14H,3,6-9,11H2,1-2H3. The number of fused-ring (bicyclic) bond motifs is 1. The Morgan fingerprint density at radius 2 is 1.83 bits per heavy atom. The second-order valence-corrected chi connectivity index (χ2v) is 7.56. The summed E-state index contributed by atoms with van der Waals surface area (Å²) in [5, 5.41) is 4.40. The summed E-state index contributed by atoms with van der Waals surface area (Å²) in [6.07, 6.45) is 6.43. The number of nitrogens with zero attached hydrogens (tertiary/aromatic N) is 6. The minimum atomic E-state index is -0.0440. The summed E-state index contributed by atoms with van der Waals surface area (Å²) in [4.78, 5) is 39.8. The normalized spacial score (nSPS) is 13.2. The van der Waals surface area contributed by atoms with Crippen LogP contribution in [0.4, 0.5) is 5.82 Å². The van der Waals surface area contributed by atoms with Gasteiger partial charge in [0, 0.05) is 55.6 Å². The molecule has 0 saturated carbocycles. The Hall–Kier alpha value is -3.42. The minimum absolute atomic E-state index is 0.0240. The smallest absolute Gasteiger partial charge is 0.228 e. The Balaban J connectivity index is 1.32. The van der Waals surface area contributed by atoms with E-state index in [-0.39, 0.29) is 31.0 Å². The van der Waals surface area contributed by atoms with Crippen LogP contribution in [0.25, 0.3) is 11.3 Å². The van der Waals surface area contributed by atoms with Crippen molar-refractivity contribution in [1.82, 2.24) is 24.7 Å². The van der Waals surface area contributed by atoms with E-state index >= 15 is 0 Å². The van der Waals surface area contributed by atoms with Crippen LogP contribution in [0.3, 0.4) is 0 Å². The Labute approximate surface area is 175 Å². The van der Waals surface area contributed by atoms with Crippen LogP contribution < -0.4 is 4.90 Å². The highest BCUT2D eigenvalue weighted by molar-refractivity contribution is 5.95. The number of hydrogen-bond acceptors (Lipinski definition) is 6. The molecule has 4 heterocycles. The fraction of sp³-hybridized carbons (Fsp3) is 0.364. The summed E-state index contributed by atoms with van der Waals surface area (Å²) in [6.45, 7) is 5.33. The fourth-order valence-electron chi connectivity index (χ4n) is 3.55. The Bertz CT molecular complexity index is 1060. The van der Waals surface area contributed by atoms with Gasteiger partial charge in [-0.2, -0.15) is 5.10 Å². The molecule has 1 aliphatic rings. The predicted molar refractivity (Wildman–Crippen MR) is 112 cm³/mol. The molecule has 0 saturated heterocycles. The molecule has 0 aromatic carbocycles. The van der Waals surface area contributed by atoms with Gasteiger partial charge >= 0.3 is 0 Å². The van der Waals surface area contributed by atoms with E-state index in [1.807, 2.05) is 36.7 Å². The van der Waals surface area contributed by atoms with Crippen molar-refractivity contribution < 1.29 is 9.59 Å². The third-order valence-corrected chi connectivity index (χ3v) is 5.12. The topological polar surface area (TPSA) is 93.9 Å². The molecule has 0 unspecified atom stereocenters. The second-order valence-electron chi connectivity index (χ2n) is 7.56. The number of Topliss-reactive ketones (excluding diaryl/α,β-unsaturated/α-hetero) is 1. The third-order valence-electron chi connectivity index (χ3n) is 5.12. The van der Waals surface area contributed by atoms with Crippen LogP contribution >= 0.6 is 0 Å². The first-order valence-corrected chi connectivity index (χ1v) is 10.1. The maximum Gasteiger partial charge on any atom is 0.228 e. The number of carbonyl (C=O) groups excluding carboxylic acids is 2. The average molecular weight is 404 g/mol. The van der Waals surface area contributed by atoms with Crippen molar-refractivity contribution in [1.29, 1.82) is 0 Å². The van der Waals surface area contributed by atoms with Gasteiger partial charge in [0.25, 0.3) is 0 Å². The highest BCUT2D eigenvalue weighted by Crippen LogP contribution is 2.22. The largest absolute Gasteiger partial charge is 0.299 e. The molecular formula is C22H24N6O2. The van der Waals surface area contributed by atoms with Gasteiger partial charge in [-0.05, 0) is 32.4 Å². The molecule has 0 atom stereocenters. The first kappa shape index (κ1) is 19.9. The summed E-state index contributed by atoms with van der Waals surface area (Å²) >= 11 is 0. The lowest BCUT2D eigenvalue weighted by atomic mass is 10.1. The van der Waals surface area contributed by atoms with Gasteiger partial charge in [-0.25, -0.2) is 4.68 Å². The van der Waals surface area contributed by atoms with Crippen LogP contribution in [0.15, 0.2) is 36.8 Å². The summed E-state index contributed by atoms with van der Waals surface area (Å²) in [5.41, 5.74) is 4.03. The van der Waals surface area contributed by atoms with Gasteiger partial charge in [0.05, 0.1) is 29.7 Å². The van der Waals surface area contributed by atoms with E-state index in [1.54, 1.807) is 23.5 Å². The molecule has 0 fully saturated rings. The van der Waals surface area contributed by atoms with Gasteiger partial charge in [0.15, 0.2) is 0 Å². The molecule has 0 spiro atoms. The molecule has 0 N–H and O–H groups in total. The quantitative estimate of drug-likeness (QED) is 0.627. The Kier molecular flexibility index (Phi) is 5.65. The SMILES string of the molecule is Cc1ccc(-c2cnc(CC(=O)CCC(=O)N3CCCn4nc(C)cc43)cn2)cn1. The number of carbonyl (C=O) groups is 2. The van der Waals surface area contributed by atoms with Gasteiger partial charge < -0.3 is 0 Å². The molecule has 3 aromatic rings. The van der Waals surface area contributed by atoms with Gasteiger partial charge in [-0.3, -0.25) is 29.4 Å². The van der Waals surface area contributed by atoms with E-state index in [4.69, 9.17) is 0 Å². The zero-order chi connectivity index (χ0) is 21.1. The molecule has 154 valence electrons. The van der Waals surface area contributed by atoms with E-state index in [9.17, 15) is 9.59 Å². The van der Waals surface area contributed by atoms with Crippen molar-refractivity contribution in [3.05, 3.63) is 53.9 Å². The summed E-state index contributed by atoms with van der Waals surface area (Å²) in [6, 6.07) is 5.78. The summed E-state index contributed by atoms with van der Waals surface area (Å²) in [7, 11) is 0. The molecule has 3 aromatic heterocycles. The molecule has 1 aliphatic heterocycles. The number of hydrogen-bond donors (Lipinski definition) is 0. The molecule has 0 bridgehead atoms. The van der Waals surface area contributed by atoms with Crippen molar-refractivity contribution >= 4 is 17.5 Å². The number of rotatable bonds is 6. The number of amides is 1. The number of aryl methyl sites for hydroxylation is 3. The van der Waals surface area contributed by atoms with E-state index in [0.717, 1.165) is 35.7 Å². The van der Waals surface area contributed by atoms with Gasteiger partial charge in [-0.15, -0.1) is 0 Å². The average Bonchev–Trinajstić information content (AvgIpc) is 3.13. The molecule has 0 radical (unpaired) electrons. The molecule has 1 amide bonds. The van der Waals surface area contributed by atoms with Crippen molar-refractivity contribution in [3.8, 4) is 11.3 Å². The first-order chi connectivity index (χ1) is 14.5. The van der Waals surface area contributed by atoms with Crippen LogP contribution in [0, 0.1) is 13.8 Å². The molecule has 0 aliphatic carbocycles. The molecule has 30 heavy (non-hydrogen) atoms. The van der Waals surface area contributed by atoms with E-state index in [0.29, 0.717) is 17.9 Å². The Morgan fingerprint density at radius 1 is 0.967 bits per heavy atom. The second kappa shape index (κ2) is 8.52. The molecule has 4 rings (SSSR count). The van der Waals surface area contributed by atoms with Crippen LogP contribution in [-0.2, 0) is 22.6 Å². The van der Waals surface area contributed by atoms with Crippen LogP contribution in [0.5, 0.6) is 0 Å². The third kappa shape index (κ3) is 4.42. The highest BCUT2D eigenvalue weighted by Gasteiger charge is 2.24. The van der Waals surface area contributed by atoms with Crippen LogP contribution in [0.2, 0.25) is 0 Å². The van der Waals surface area contributed by atoms with E-state index in [2.05, 4.69) is 20.1 Å². The number of ketones is 1. The van der Waals surface area contributed by atoms with Crippen molar-refractivity contribution in [3.63, 3.8) is 0 Å². The van der Waals surface area contributed by atoms with Crippen molar-refractivity contribution in [2.45, 2.75) is 46.1 Å². The molecule has 8 nitrogen and oxygen atoms in total. The van der Waals surface area contributed by atoms with Crippen molar-refractivity contribution in [2.75, 3.05) is 11.4 Å². The zero-order valence-electron chi connectivity index (χ0n) is 17.2. The van der Waals surface area contributed by atoms with Gasteiger partial charge in [0.1, 0.15) is 11.6 Å². The lowest BCUT2D eigenvalue weighted by molar-refractivity contribution is -0.123. The van der Waals surface area contributed by atoms with E-state index < -0.39 is 0 Å². The maximum absolute atomic E-state index is 12.7. The Morgan fingerprint density at radius 3 is 2.57 bits per heavy atom. The van der Waals surface area contributed by atoms with E-state index in [1.165, 1.54) is 0 Å².